The molecule has 0 heterocycles. The summed E-state index contributed by atoms with van der Waals surface area (Å²) in [5.74, 6) is 3.65. The largest absolute Gasteiger partial charge is 0.427 e. The van der Waals surface area contributed by atoms with E-state index < -0.39 is 0 Å². The maximum absolute atomic E-state index is 11.3. The van der Waals surface area contributed by atoms with Crippen LogP contribution in [0.15, 0.2) is 18.2 Å². The first-order valence-corrected chi connectivity index (χ1v) is 10.6. The molecule has 0 saturated heterocycles. The minimum atomic E-state index is -0.231. The Morgan fingerprint density at radius 3 is 2.62 bits per heavy atom. The average Bonchev–Trinajstić information content (AvgIpc) is 2.87. The third-order valence-electron chi connectivity index (χ3n) is 8.90. The zero-order chi connectivity index (χ0) is 18.7. The standard InChI is InChI=1S/C24H34O2/c1-15(2)23(4)13-11-22-21-8-6-17-14-18(26-16(3)25)7-9-19(17)20(21)10-12-24(22,23)5/h7,9,14-15,20-22H,6,8,10-13H2,1-5H3/t20-,21-,22+,23-,24+/m1/s1. The number of carbonyl (C=O) groups excluding carboxylic acids is 1. The second-order valence-electron chi connectivity index (χ2n) is 9.94. The van der Waals surface area contributed by atoms with Crippen LogP contribution in [0.5, 0.6) is 5.75 Å². The van der Waals surface area contributed by atoms with Gasteiger partial charge in [-0.15, -0.1) is 0 Å². The fourth-order valence-electron chi connectivity index (χ4n) is 7.04. The van der Waals surface area contributed by atoms with Crippen LogP contribution in [0.25, 0.3) is 0 Å². The second-order valence-corrected chi connectivity index (χ2v) is 9.94. The molecule has 1 aromatic rings. The molecule has 0 unspecified atom stereocenters. The van der Waals surface area contributed by atoms with Crippen LogP contribution in [0.3, 0.4) is 0 Å². The molecule has 0 aromatic heterocycles. The molecule has 3 aliphatic carbocycles. The average molecular weight is 355 g/mol. The lowest BCUT2D eigenvalue weighted by Gasteiger charge is -2.55. The van der Waals surface area contributed by atoms with Crippen molar-refractivity contribution in [1.82, 2.24) is 0 Å². The summed E-state index contributed by atoms with van der Waals surface area (Å²) < 4.78 is 5.32. The number of ether oxygens (including phenoxy) is 1. The van der Waals surface area contributed by atoms with E-state index in [4.69, 9.17) is 4.74 Å². The Morgan fingerprint density at radius 2 is 1.92 bits per heavy atom. The minimum Gasteiger partial charge on any atom is -0.427 e. The molecule has 0 aliphatic heterocycles. The molecule has 2 saturated carbocycles. The Hall–Kier alpha value is -1.31. The van der Waals surface area contributed by atoms with Crippen LogP contribution in [0, 0.1) is 28.6 Å². The highest BCUT2D eigenvalue weighted by molar-refractivity contribution is 5.69. The highest BCUT2D eigenvalue weighted by Gasteiger charge is 2.60. The molecule has 0 radical (unpaired) electrons. The van der Waals surface area contributed by atoms with Gasteiger partial charge in [0, 0.05) is 6.92 Å². The van der Waals surface area contributed by atoms with Crippen LogP contribution in [-0.4, -0.2) is 5.97 Å². The van der Waals surface area contributed by atoms with E-state index in [0.29, 0.717) is 22.5 Å². The van der Waals surface area contributed by atoms with Gasteiger partial charge in [-0.3, -0.25) is 4.79 Å². The molecule has 2 fully saturated rings. The predicted molar refractivity (Wildman–Crippen MR) is 105 cm³/mol. The lowest BCUT2D eigenvalue weighted by atomic mass is 9.49. The Balaban J connectivity index is 1.64. The molecule has 0 bridgehead atoms. The van der Waals surface area contributed by atoms with Gasteiger partial charge in [-0.2, -0.15) is 0 Å². The van der Waals surface area contributed by atoms with Crippen LogP contribution in [0.4, 0.5) is 0 Å². The summed E-state index contributed by atoms with van der Waals surface area (Å²) >= 11 is 0. The van der Waals surface area contributed by atoms with Crippen LogP contribution in [-0.2, 0) is 11.2 Å². The van der Waals surface area contributed by atoms with Gasteiger partial charge in [-0.1, -0.05) is 33.8 Å². The summed E-state index contributed by atoms with van der Waals surface area (Å²) in [6.07, 6.45) is 7.92. The smallest absolute Gasteiger partial charge is 0.308 e. The van der Waals surface area contributed by atoms with Gasteiger partial charge in [-0.25, -0.2) is 0 Å². The van der Waals surface area contributed by atoms with Crippen LogP contribution in [0.2, 0.25) is 0 Å². The maximum Gasteiger partial charge on any atom is 0.308 e. The Labute approximate surface area is 158 Å². The molecule has 4 rings (SSSR count). The van der Waals surface area contributed by atoms with E-state index in [9.17, 15) is 4.79 Å². The molecule has 0 spiro atoms. The van der Waals surface area contributed by atoms with Gasteiger partial charge < -0.3 is 4.74 Å². The first-order valence-electron chi connectivity index (χ1n) is 10.6. The van der Waals surface area contributed by atoms with E-state index in [1.165, 1.54) is 50.2 Å². The SMILES string of the molecule is CC(=O)Oc1ccc2c(c1)CC[C@@H]1[C@@H]2CC[C@@]2(C)[C@H]1CC[C@]2(C)C(C)C. The minimum absolute atomic E-state index is 0.231. The van der Waals surface area contributed by atoms with Gasteiger partial charge in [0.15, 0.2) is 0 Å². The van der Waals surface area contributed by atoms with E-state index in [2.05, 4.69) is 39.8 Å². The van der Waals surface area contributed by atoms with Crippen molar-refractivity contribution < 1.29 is 9.53 Å². The molecule has 1 aromatic carbocycles. The summed E-state index contributed by atoms with van der Waals surface area (Å²) in [5, 5.41) is 0. The number of benzene rings is 1. The Bertz CT molecular complexity index is 721. The van der Waals surface area contributed by atoms with E-state index in [1.807, 2.05) is 6.07 Å². The molecule has 0 amide bonds. The highest BCUT2D eigenvalue weighted by Crippen LogP contribution is 2.69. The summed E-state index contributed by atoms with van der Waals surface area (Å²) in [7, 11) is 0. The molecule has 26 heavy (non-hydrogen) atoms. The van der Waals surface area contributed by atoms with Gasteiger partial charge in [0.05, 0.1) is 0 Å². The third kappa shape index (κ3) is 2.47. The Kier molecular flexibility index (Phi) is 4.24. The van der Waals surface area contributed by atoms with Gasteiger partial charge in [0.2, 0.25) is 0 Å². The van der Waals surface area contributed by atoms with Gasteiger partial charge in [0.25, 0.3) is 0 Å². The van der Waals surface area contributed by atoms with E-state index in [0.717, 1.165) is 24.2 Å². The molecule has 0 N–H and O–H groups in total. The number of fused-ring (bicyclic) bond motifs is 5. The van der Waals surface area contributed by atoms with Gasteiger partial charge >= 0.3 is 5.97 Å². The molecular formula is C24H34O2. The fraction of sp³-hybridized carbons (Fsp3) is 0.708. The topological polar surface area (TPSA) is 26.3 Å². The number of aryl methyl sites for hydroxylation is 1. The number of hydrogen-bond donors (Lipinski definition) is 0. The summed E-state index contributed by atoms with van der Waals surface area (Å²) in [5.41, 5.74) is 3.94. The van der Waals surface area contributed by atoms with Crippen LogP contribution < -0.4 is 4.74 Å². The molecule has 142 valence electrons. The molecule has 3 aliphatic rings. The molecule has 5 atom stereocenters. The van der Waals surface area contributed by atoms with E-state index in [-0.39, 0.29) is 5.97 Å². The van der Waals surface area contributed by atoms with Gasteiger partial charge in [0.1, 0.15) is 5.75 Å². The third-order valence-corrected chi connectivity index (χ3v) is 8.90. The fourth-order valence-corrected chi connectivity index (χ4v) is 7.04. The van der Waals surface area contributed by atoms with Crippen molar-refractivity contribution in [3.63, 3.8) is 0 Å². The quantitative estimate of drug-likeness (QED) is 0.472. The van der Waals surface area contributed by atoms with Crippen molar-refractivity contribution in [2.75, 3.05) is 0 Å². The Morgan fingerprint density at radius 1 is 1.15 bits per heavy atom. The molecule has 2 nitrogen and oxygen atoms in total. The number of carbonyl (C=O) groups is 1. The van der Waals surface area contributed by atoms with Crippen molar-refractivity contribution in [1.29, 1.82) is 0 Å². The van der Waals surface area contributed by atoms with Crippen molar-refractivity contribution in [2.45, 2.75) is 79.1 Å². The van der Waals surface area contributed by atoms with E-state index >= 15 is 0 Å². The van der Waals surface area contributed by atoms with Crippen LogP contribution in [0.1, 0.15) is 83.8 Å². The van der Waals surface area contributed by atoms with Crippen molar-refractivity contribution in [3.05, 3.63) is 29.3 Å². The van der Waals surface area contributed by atoms with E-state index in [1.54, 1.807) is 0 Å². The first-order chi connectivity index (χ1) is 12.3. The number of hydrogen-bond acceptors (Lipinski definition) is 2. The molecular weight excluding hydrogens is 320 g/mol. The number of esters is 1. The summed E-state index contributed by atoms with van der Waals surface area (Å²) in [4.78, 5) is 11.3. The predicted octanol–water partition coefficient (Wildman–Crippen LogP) is 6.13. The van der Waals surface area contributed by atoms with Crippen molar-refractivity contribution in [2.24, 2.45) is 28.6 Å². The maximum atomic E-state index is 11.3. The lowest BCUT2D eigenvalue weighted by molar-refractivity contribution is -0.131. The van der Waals surface area contributed by atoms with Crippen LogP contribution >= 0.6 is 0 Å². The second kappa shape index (κ2) is 6.11. The monoisotopic (exact) mass is 354 g/mol. The first kappa shape index (κ1) is 18.1. The van der Waals surface area contributed by atoms with Crippen molar-refractivity contribution in [3.8, 4) is 5.75 Å². The molecule has 2 heteroatoms. The van der Waals surface area contributed by atoms with Crippen molar-refractivity contribution >= 4 is 5.97 Å². The highest BCUT2D eigenvalue weighted by atomic mass is 16.5. The zero-order valence-electron chi connectivity index (χ0n) is 17.1. The zero-order valence-corrected chi connectivity index (χ0v) is 17.1. The number of rotatable bonds is 2. The summed E-state index contributed by atoms with van der Waals surface area (Å²) in [6, 6.07) is 6.38. The summed E-state index contributed by atoms with van der Waals surface area (Å²) in [6.45, 7) is 11.5. The lowest BCUT2D eigenvalue weighted by Crippen LogP contribution is -2.47. The van der Waals surface area contributed by atoms with Gasteiger partial charge in [-0.05, 0) is 96.3 Å². The normalized spacial score (nSPS) is 38.5.